The van der Waals surface area contributed by atoms with Gasteiger partial charge < -0.3 is 9.70 Å². The largest absolute Gasteiger partial charge is 0.357 e. The van der Waals surface area contributed by atoms with Crippen molar-refractivity contribution in [1.29, 1.82) is 0 Å². The summed E-state index contributed by atoms with van der Waals surface area (Å²) in [5, 5.41) is 0. The van der Waals surface area contributed by atoms with Crippen molar-refractivity contribution in [1.82, 2.24) is 0 Å². The van der Waals surface area contributed by atoms with E-state index >= 15 is 0 Å². The van der Waals surface area contributed by atoms with Crippen molar-refractivity contribution in [3.05, 3.63) is 0 Å². The Hall–Kier alpha value is -0.925. The fraction of sp³-hybridized carbons (Fsp3) is 0.400. The summed E-state index contributed by atoms with van der Waals surface area (Å²) < 4.78 is 0. The predicted molar refractivity (Wildman–Crippen MR) is 34.6 cm³/mol. The highest BCUT2D eigenvalue weighted by Crippen LogP contribution is 1.83. The van der Waals surface area contributed by atoms with Crippen molar-refractivity contribution in [2.45, 2.75) is 13.3 Å². The molecule has 0 saturated heterocycles. The molecule has 0 aliphatic carbocycles. The fourth-order valence-corrected chi connectivity index (χ4v) is 0.366. The van der Waals surface area contributed by atoms with Crippen molar-refractivity contribution in [2.24, 2.45) is 4.90 Å². The highest BCUT2D eigenvalue weighted by molar-refractivity contribution is 6.44. The molecule has 0 N–H and O–H groups in total. The van der Waals surface area contributed by atoms with Crippen molar-refractivity contribution < 1.29 is 9.59 Å². The van der Waals surface area contributed by atoms with E-state index in [1.165, 1.54) is 6.92 Å². The number of hydrogen-bond donors (Lipinski definition) is 0. The van der Waals surface area contributed by atoms with Gasteiger partial charge in [-0.3, -0.25) is 4.79 Å². The summed E-state index contributed by atoms with van der Waals surface area (Å²) in [5.41, 5.74) is 0.116. The topological polar surface area (TPSA) is 46.5 Å². The number of aldehydes is 1. The molecule has 0 aliphatic rings. The van der Waals surface area contributed by atoms with Gasteiger partial charge in [-0.2, -0.15) is 0 Å². The van der Waals surface area contributed by atoms with Gasteiger partial charge in [-0.25, -0.2) is 0 Å². The van der Waals surface area contributed by atoms with Gasteiger partial charge in [0.05, 0.1) is 5.71 Å². The van der Waals surface area contributed by atoms with E-state index in [1.54, 1.807) is 0 Å². The number of ketones is 1. The summed E-state index contributed by atoms with van der Waals surface area (Å²) >= 11 is 0. The van der Waals surface area contributed by atoms with Crippen molar-refractivity contribution in [2.75, 3.05) is 0 Å². The number of Topliss-reactive ketones (excluding diaryl/α,β-unsaturated/α-hetero) is 1. The fourth-order valence-electron chi connectivity index (χ4n) is 0.366. The Bertz CT molecular complexity index is 153. The summed E-state index contributed by atoms with van der Waals surface area (Å²) in [5.74, 6) is -0.260. The Morgan fingerprint density at radius 1 is 1.78 bits per heavy atom. The molecule has 0 aliphatic heterocycles. The van der Waals surface area contributed by atoms with Crippen molar-refractivity contribution in [3.63, 3.8) is 0 Å². The molecule has 0 bridgehead atoms. The number of carbonyl (C=O) groups excluding carboxylic acids is 2. The average Bonchev–Trinajstić information content (AvgIpc) is 1.82. The second-order valence-electron chi connectivity index (χ2n) is 1.50. The Kier molecular flexibility index (Phi) is 3.59. The first-order valence-electron chi connectivity index (χ1n) is 2.43. The maximum atomic E-state index is 10.4. The molecule has 0 aromatic rings. The summed E-state index contributed by atoms with van der Waals surface area (Å²) in [6.45, 7) is 1.31. The first-order valence-corrected chi connectivity index (χ1v) is 2.43. The number of nitrogens with zero attached hydrogens (tertiary/aromatic N) is 1. The maximum Gasteiger partial charge on any atom is 0.260 e. The molecule has 2 radical (unpaired) electrons. The highest BCUT2D eigenvalue weighted by Gasteiger charge is 2.00. The third-order valence-electron chi connectivity index (χ3n) is 0.839. The van der Waals surface area contributed by atoms with Crippen LogP contribution in [0, 0.1) is 0 Å². The van der Waals surface area contributed by atoms with E-state index in [1.807, 2.05) is 0 Å². The summed E-state index contributed by atoms with van der Waals surface area (Å²) in [6, 6.07) is 0. The molecular weight excluding hydrogens is 117 g/mol. The molecule has 46 valence electrons. The second-order valence-corrected chi connectivity index (χ2v) is 1.50. The Morgan fingerprint density at radius 2 is 2.33 bits per heavy atom. The lowest BCUT2D eigenvalue weighted by molar-refractivity contribution is -0.112. The van der Waals surface area contributed by atoms with Crippen LogP contribution < -0.4 is 0 Å². The molecule has 0 unspecified atom stereocenters. The summed E-state index contributed by atoms with van der Waals surface area (Å²) in [7, 11) is 4.77. The van der Waals surface area contributed by atoms with E-state index in [-0.39, 0.29) is 17.9 Å². The van der Waals surface area contributed by atoms with Gasteiger partial charge in [-0.1, -0.05) is 0 Å². The molecule has 0 aromatic heterocycles. The Balaban J connectivity index is 4.00. The van der Waals surface area contributed by atoms with Crippen LogP contribution in [-0.2, 0) is 9.59 Å². The molecule has 0 fully saturated rings. The Labute approximate surface area is 54.6 Å². The summed E-state index contributed by atoms with van der Waals surface area (Å²) in [6.07, 6.45) is 0.596. The van der Waals surface area contributed by atoms with Gasteiger partial charge in [-0.15, -0.1) is 0 Å². The van der Waals surface area contributed by atoms with Crippen LogP contribution in [0.5, 0.6) is 0 Å². The lowest BCUT2D eigenvalue weighted by Gasteiger charge is -1.91. The van der Waals surface area contributed by atoms with E-state index in [2.05, 4.69) is 4.90 Å². The molecule has 0 spiro atoms. The molecule has 0 saturated carbocycles. The second kappa shape index (κ2) is 4.00. The van der Waals surface area contributed by atoms with Crippen LogP contribution in [-0.4, -0.2) is 25.8 Å². The quantitative estimate of drug-likeness (QED) is 0.293. The van der Waals surface area contributed by atoms with Crippen molar-refractivity contribution in [3.8, 4) is 0 Å². The minimum atomic E-state index is -0.260. The first kappa shape index (κ1) is 8.07. The summed E-state index contributed by atoms with van der Waals surface area (Å²) in [4.78, 5) is 23.3. The van der Waals surface area contributed by atoms with Crippen LogP contribution in [0.2, 0.25) is 0 Å². The number of carbonyl (C=O) groups is 2. The van der Waals surface area contributed by atoms with E-state index in [9.17, 15) is 9.59 Å². The Morgan fingerprint density at radius 3 is 2.44 bits per heavy atom. The molecule has 0 aromatic carbocycles. The minimum absolute atomic E-state index is 0.00579. The average molecular weight is 123 g/mol. The van der Waals surface area contributed by atoms with Crippen LogP contribution in [0.4, 0.5) is 0 Å². The third kappa shape index (κ3) is 2.79. The molecular formula is C5H6BNO2. The van der Waals surface area contributed by atoms with Gasteiger partial charge in [0, 0.05) is 13.3 Å². The van der Waals surface area contributed by atoms with E-state index < -0.39 is 0 Å². The van der Waals surface area contributed by atoms with E-state index in [4.69, 9.17) is 7.98 Å². The van der Waals surface area contributed by atoms with Gasteiger partial charge in [0.1, 0.15) is 6.29 Å². The zero-order chi connectivity index (χ0) is 7.28. The SMILES string of the molecule is [B]N=C(CC=O)C(C)=O. The molecule has 0 heterocycles. The molecule has 0 atom stereocenters. The van der Waals surface area contributed by atoms with Crippen LogP contribution in [0.15, 0.2) is 4.90 Å². The van der Waals surface area contributed by atoms with Crippen molar-refractivity contribution >= 4 is 25.8 Å². The number of rotatable bonds is 3. The van der Waals surface area contributed by atoms with Gasteiger partial charge >= 0.3 is 0 Å². The maximum absolute atomic E-state index is 10.4. The van der Waals surface area contributed by atoms with Gasteiger partial charge in [0.2, 0.25) is 0 Å². The number of hydrogen-bond acceptors (Lipinski definition) is 3. The molecule has 4 heteroatoms. The van der Waals surface area contributed by atoms with Crippen LogP contribution >= 0.6 is 0 Å². The molecule has 9 heavy (non-hydrogen) atoms. The van der Waals surface area contributed by atoms with Gasteiger partial charge in [0.25, 0.3) is 7.98 Å². The normalized spacial score (nSPS) is 11.0. The van der Waals surface area contributed by atoms with E-state index in [0.717, 1.165) is 0 Å². The predicted octanol–water partition coefficient (Wildman–Crippen LogP) is -0.311. The van der Waals surface area contributed by atoms with Gasteiger partial charge in [0.15, 0.2) is 5.78 Å². The standard InChI is InChI=1S/C5H6BNO2/c1-4(9)5(7-6)2-3-8/h3H,2H2,1H3. The van der Waals surface area contributed by atoms with Crippen LogP contribution in [0.3, 0.4) is 0 Å². The zero-order valence-corrected chi connectivity index (χ0v) is 5.13. The lowest BCUT2D eigenvalue weighted by Crippen LogP contribution is -2.09. The highest BCUT2D eigenvalue weighted by atomic mass is 16.1. The molecule has 3 nitrogen and oxygen atoms in total. The molecule has 0 amide bonds. The first-order chi connectivity index (χ1) is 4.22. The smallest absolute Gasteiger partial charge is 0.260 e. The third-order valence-corrected chi connectivity index (χ3v) is 0.839. The zero-order valence-electron chi connectivity index (χ0n) is 5.13. The van der Waals surface area contributed by atoms with Crippen LogP contribution in [0.25, 0.3) is 0 Å². The monoisotopic (exact) mass is 123 g/mol. The van der Waals surface area contributed by atoms with E-state index in [0.29, 0.717) is 6.29 Å². The van der Waals surface area contributed by atoms with Gasteiger partial charge in [-0.05, 0) is 0 Å². The minimum Gasteiger partial charge on any atom is -0.357 e. The molecule has 0 rings (SSSR count). The lowest BCUT2D eigenvalue weighted by atomic mass is 10.2. The van der Waals surface area contributed by atoms with Crippen LogP contribution in [0.1, 0.15) is 13.3 Å².